The fourth-order valence-electron chi connectivity index (χ4n) is 2.43. The Labute approximate surface area is 127 Å². The maximum Gasteiger partial charge on any atom is 0.573 e. The fourth-order valence-corrected chi connectivity index (χ4v) is 2.43. The number of ether oxygens (including phenoxy) is 1. The van der Waals surface area contributed by atoms with E-state index in [9.17, 15) is 22.8 Å². The van der Waals surface area contributed by atoms with Gasteiger partial charge in [-0.1, -0.05) is 12.2 Å². The average Bonchev–Trinajstić information content (AvgIpc) is 2.50. The lowest BCUT2D eigenvalue weighted by Crippen LogP contribution is -2.35. The van der Waals surface area contributed by atoms with Crippen molar-refractivity contribution in [3.8, 4) is 11.4 Å². The normalized spacial score (nSPS) is 13.7. The molecule has 0 spiro atoms. The third kappa shape index (κ3) is 3.05. The number of nitrogens with zero attached hydrogens (tertiary/aromatic N) is 1. The van der Waals surface area contributed by atoms with Gasteiger partial charge in [-0.25, -0.2) is 4.68 Å². The molecular formula is C15H11F3N2O3. The number of allylic oxidation sites excluding steroid dienone is 2. The second kappa shape index (κ2) is 5.45. The van der Waals surface area contributed by atoms with Crippen molar-refractivity contribution < 1.29 is 17.9 Å². The molecule has 0 radical (unpaired) electrons. The Morgan fingerprint density at radius 2 is 1.61 bits per heavy atom. The first kappa shape index (κ1) is 15.1. The Morgan fingerprint density at radius 1 is 1.00 bits per heavy atom. The van der Waals surface area contributed by atoms with E-state index in [1.807, 2.05) is 6.08 Å². The van der Waals surface area contributed by atoms with Crippen molar-refractivity contribution in [1.82, 2.24) is 9.78 Å². The van der Waals surface area contributed by atoms with Gasteiger partial charge in [-0.15, -0.1) is 13.2 Å². The number of nitrogens with one attached hydrogen (secondary N) is 1. The van der Waals surface area contributed by atoms with Gasteiger partial charge >= 0.3 is 6.36 Å². The molecule has 8 heteroatoms. The summed E-state index contributed by atoms with van der Waals surface area (Å²) in [5, 5.41) is 2.44. The molecule has 0 unspecified atom stereocenters. The summed E-state index contributed by atoms with van der Waals surface area (Å²) in [5.41, 5.74) is 0.282. The van der Waals surface area contributed by atoms with Crippen molar-refractivity contribution >= 4 is 0 Å². The number of aromatic nitrogens is 2. The van der Waals surface area contributed by atoms with E-state index in [0.29, 0.717) is 24.0 Å². The summed E-state index contributed by atoms with van der Waals surface area (Å²) in [6.45, 7) is 0. The van der Waals surface area contributed by atoms with Gasteiger partial charge in [0.15, 0.2) is 0 Å². The third-order valence-corrected chi connectivity index (χ3v) is 3.45. The Bertz CT molecular complexity index is 877. The molecule has 0 saturated carbocycles. The fraction of sp³-hybridized carbons (Fsp3) is 0.200. The van der Waals surface area contributed by atoms with Gasteiger partial charge < -0.3 is 4.74 Å². The minimum Gasteiger partial charge on any atom is -0.406 e. The number of H-pyrrole nitrogens is 1. The molecule has 1 aliphatic rings. The molecule has 0 atom stereocenters. The first-order valence-electron chi connectivity index (χ1n) is 6.73. The summed E-state index contributed by atoms with van der Waals surface area (Å²) in [4.78, 5) is 24.5. The third-order valence-electron chi connectivity index (χ3n) is 3.45. The molecule has 0 bridgehead atoms. The molecule has 1 aromatic heterocycles. The van der Waals surface area contributed by atoms with Crippen molar-refractivity contribution in [3.05, 3.63) is 68.3 Å². The average molecular weight is 324 g/mol. The van der Waals surface area contributed by atoms with Crippen LogP contribution in [0.3, 0.4) is 0 Å². The molecule has 1 heterocycles. The zero-order valence-electron chi connectivity index (χ0n) is 11.7. The number of hydrogen-bond acceptors (Lipinski definition) is 3. The van der Waals surface area contributed by atoms with Crippen LogP contribution >= 0.6 is 0 Å². The first-order valence-corrected chi connectivity index (χ1v) is 6.73. The standard InChI is InChI=1S/C15H11F3N2O3/c16-15(17,18)23-10-7-5-9(6-8-10)20-14(22)12-4-2-1-3-11(12)13(21)19-20/h1-2,5-8H,3-4H2,(H,19,21). The highest BCUT2D eigenvalue weighted by molar-refractivity contribution is 5.39. The van der Waals surface area contributed by atoms with Crippen LogP contribution in [0.2, 0.25) is 0 Å². The van der Waals surface area contributed by atoms with Crippen LogP contribution in [-0.2, 0) is 12.8 Å². The number of aromatic amines is 1. The summed E-state index contributed by atoms with van der Waals surface area (Å²) >= 11 is 0. The molecular weight excluding hydrogens is 313 g/mol. The van der Waals surface area contributed by atoms with E-state index in [1.54, 1.807) is 6.08 Å². The predicted molar refractivity (Wildman–Crippen MR) is 75.9 cm³/mol. The molecule has 120 valence electrons. The lowest BCUT2D eigenvalue weighted by Gasteiger charge is -2.13. The molecule has 0 saturated heterocycles. The Morgan fingerprint density at radius 3 is 2.22 bits per heavy atom. The van der Waals surface area contributed by atoms with Crippen molar-refractivity contribution in [2.24, 2.45) is 0 Å². The van der Waals surface area contributed by atoms with Crippen LogP contribution in [0.5, 0.6) is 5.75 Å². The Hall–Kier alpha value is -2.77. The van der Waals surface area contributed by atoms with Crippen molar-refractivity contribution in [3.63, 3.8) is 0 Å². The molecule has 0 aliphatic heterocycles. The molecule has 5 nitrogen and oxygen atoms in total. The van der Waals surface area contributed by atoms with E-state index in [4.69, 9.17) is 0 Å². The van der Waals surface area contributed by atoms with E-state index in [0.717, 1.165) is 16.8 Å². The second-order valence-corrected chi connectivity index (χ2v) is 4.96. The quantitative estimate of drug-likeness (QED) is 0.860. The molecule has 23 heavy (non-hydrogen) atoms. The number of hydrogen-bond donors (Lipinski definition) is 1. The summed E-state index contributed by atoms with van der Waals surface area (Å²) in [7, 11) is 0. The number of halogens is 3. The first-order chi connectivity index (χ1) is 10.8. The molecule has 1 aliphatic carbocycles. The SMILES string of the molecule is O=c1[nH]n(-c2ccc(OC(F)(F)F)cc2)c(=O)c2c1CC=CC2. The van der Waals surface area contributed by atoms with Gasteiger partial charge in [0, 0.05) is 11.1 Å². The number of rotatable bonds is 2. The molecule has 1 aromatic carbocycles. The van der Waals surface area contributed by atoms with Crippen LogP contribution in [-0.4, -0.2) is 16.1 Å². The van der Waals surface area contributed by atoms with Gasteiger partial charge in [-0.05, 0) is 37.1 Å². The minimum atomic E-state index is -4.79. The van der Waals surface area contributed by atoms with Gasteiger partial charge in [0.05, 0.1) is 5.69 Å². The highest BCUT2D eigenvalue weighted by atomic mass is 19.4. The summed E-state index contributed by atoms with van der Waals surface area (Å²) < 4.78 is 41.2. The highest BCUT2D eigenvalue weighted by Crippen LogP contribution is 2.23. The Balaban J connectivity index is 2.02. The van der Waals surface area contributed by atoms with Gasteiger partial charge in [0.25, 0.3) is 11.1 Å². The maximum atomic E-state index is 12.4. The Kier molecular flexibility index (Phi) is 3.59. The number of benzene rings is 1. The van der Waals surface area contributed by atoms with E-state index in [2.05, 4.69) is 9.84 Å². The molecule has 2 aromatic rings. The topological polar surface area (TPSA) is 64.1 Å². The van der Waals surface area contributed by atoms with Crippen LogP contribution in [0.25, 0.3) is 5.69 Å². The molecule has 0 amide bonds. The van der Waals surface area contributed by atoms with Crippen molar-refractivity contribution in [2.75, 3.05) is 0 Å². The lowest BCUT2D eigenvalue weighted by molar-refractivity contribution is -0.274. The molecule has 3 rings (SSSR count). The van der Waals surface area contributed by atoms with Crippen molar-refractivity contribution in [1.29, 1.82) is 0 Å². The zero-order chi connectivity index (χ0) is 16.6. The highest BCUT2D eigenvalue weighted by Gasteiger charge is 2.31. The van der Waals surface area contributed by atoms with Crippen LogP contribution < -0.4 is 15.9 Å². The van der Waals surface area contributed by atoms with Crippen LogP contribution in [0.1, 0.15) is 11.1 Å². The molecule has 1 N–H and O–H groups in total. The molecule has 0 fully saturated rings. The second-order valence-electron chi connectivity index (χ2n) is 4.96. The van der Waals surface area contributed by atoms with Gasteiger partial charge in [0.2, 0.25) is 0 Å². The number of fused-ring (bicyclic) bond motifs is 1. The smallest absolute Gasteiger partial charge is 0.406 e. The summed E-state index contributed by atoms with van der Waals surface area (Å²) in [6, 6.07) is 4.69. The van der Waals surface area contributed by atoms with Crippen molar-refractivity contribution in [2.45, 2.75) is 19.2 Å². The van der Waals surface area contributed by atoms with Gasteiger partial charge in [-0.2, -0.15) is 0 Å². The predicted octanol–water partition coefficient (Wildman–Crippen LogP) is 2.08. The van der Waals surface area contributed by atoms with E-state index < -0.39 is 17.7 Å². The largest absolute Gasteiger partial charge is 0.573 e. The lowest BCUT2D eigenvalue weighted by atomic mass is 10.00. The number of alkyl halides is 3. The van der Waals surface area contributed by atoms with E-state index in [1.165, 1.54) is 12.1 Å². The van der Waals surface area contributed by atoms with Gasteiger partial charge in [0.1, 0.15) is 5.75 Å². The van der Waals surface area contributed by atoms with Gasteiger partial charge in [-0.3, -0.25) is 14.7 Å². The van der Waals surface area contributed by atoms with E-state index in [-0.39, 0.29) is 11.2 Å². The maximum absolute atomic E-state index is 12.4. The minimum absolute atomic E-state index is 0.249. The summed E-state index contributed by atoms with van der Waals surface area (Å²) in [6.07, 6.45) is -0.435. The zero-order valence-corrected chi connectivity index (χ0v) is 11.7. The van der Waals surface area contributed by atoms with Crippen LogP contribution in [0, 0.1) is 0 Å². The van der Waals surface area contributed by atoms with Crippen LogP contribution in [0.4, 0.5) is 13.2 Å². The monoisotopic (exact) mass is 324 g/mol. The van der Waals surface area contributed by atoms with E-state index >= 15 is 0 Å². The summed E-state index contributed by atoms with van der Waals surface area (Å²) in [5.74, 6) is -0.405. The van der Waals surface area contributed by atoms with Crippen LogP contribution in [0.15, 0.2) is 46.0 Å².